The smallest absolute Gasteiger partial charge is 0.358 e. The molecule has 0 spiro atoms. The minimum atomic E-state index is -0.528. The highest BCUT2D eigenvalue weighted by molar-refractivity contribution is 5.76. The van der Waals surface area contributed by atoms with Crippen molar-refractivity contribution >= 4 is 11.7 Å². The molecule has 2 rings (SSSR count). The van der Waals surface area contributed by atoms with E-state index in [-0.39, 0.29) is 17.8 Å². The standard InChI is InChI=1S/C13H21N5O3/c1-9-5-11(6-14)7-17(9)13(19)3-4-16-8-12(18(20)21)15-10(16)2/h8-9,11H,3-7,14H2,1-2H3. The molecule has 8 nitrogen and oxygen atoms in total. The lowest BCUT2D eigenvalue weighted by atomic mass is 10.1. The average Bonchev–Trinajstić information content (AvgIpc) is 2.99. The van der Waals surface area contributed by atoms with Gasteiger partial charge >= 0.3 is 5.82 Å². The normalized spacial score (nSPS) is 21.8. The van der Waals surface area contributed by atoms with E-state index in [0.29, 0.717) is 37.8 Å². The second-order valence-electron chi connectivity index (χ2n) is 5.58. The van der Waals surface area contributed by atoms with Crippen LogP contribution in [0.1, 0.15) is 25.6 Å². The van der Waals surface area contributed by atoms with Crippen LogP contribution >= 0.6 is 0 Å². The van der Waals surface area contributed by atoms with E-state index in [1.165, 1.54) is 6.20 Å². The predicted octanol–water partition coefficient (Wildman–Crippen LogP) is 0.686. The van der Waals surface area contributed by atoms with Gasteiger partial charge < -0.3 is 25.3 Å². The third-order valence-electron chi connectivity index (χ3n) is 4.03. The Morgan fingerprint density at radius 3 is 2.86 bits per heavy atom. The number of aromatic nitrogens is 2. The van der Waals surface area contributed by atoms with Gasteiger partial charge in [0.05, 0.1) is 0 Å². The minimum Gasteiger partial charge on any atom is -0.358 e. The molecule has 0 aromatic carbocycles. The summed E-state index contributed by atoms with van der Waals surface area (Å²) >= 11 is 0. The SMILES string of the molecule is Cc1nc([N+](=O)[O-])cn1CCC(=O)N1CC(CN)CC1C. The molecule has 2 atom stereocenters. The van der Waals surface area contributed by atoms with Crippen molar-refractivity contribution in [1.29, 1.82) is 0 Å². The van der Waals surface area contributed by atoms with Crippen LogP contribution < -0.4 is 5.73 Å². The van der Waals surface area contributed by atoms with E-state index in [1.54, 1.807) is 11.5 Å². The molecule has 1 aliphatic heterocycles. The molecule has 0 radical (unpaired) electrons. The van der Waals surface area contributed by atoms with Gasteiger partial charge in [-0.3, -0.25) is 4.79 Å². The van der Waals surface area contributed by atoms with E-state index in [9.17, 15) is 14.9 Å². The minimum absolute atomic E-state index is 0.0641. The lowest BCUT2D eigenvalue weighted by molar-refractivity contribution is -0.389. The quantitative estimate of drug-likeness (QED) is 0.635. The van der Waals surface area contributed by atoms with Gasteiger partial charge in [0.15, 0.2) is 0 Å². The summed E-state index contributed by atoms with van der Waals surface area (Å²) in [5.41, 5.74) is 5.66. The number of carbonyl (C=O) groups excluding carboxylic acids is 1. The molecule has 2 N–H and O–H groups in total. The van der Waals surface area contributed by atoms with Crippen molar-refractivity contribution in [3.63, 3.8) is 0 Å². The number of carbonyl (C=O) groups is 1. The van der Waals surface area contributed by atoms with Gasteiger partial charge in [-0.25, -0.2) is 0 Å². The molecule has 0 saturated carbocycles. The molecule has 0 aliphatic carbocycles. The van der Waals surface area contributed by atoms with E-state index in [2.05, 4.69) is 4.98 Å². The Morgan fingerprint density at radius 2 is 2.33 bits per heavy atom. The molecule has 0 bridgehead atoms. The zero-order valence-electron chi connectivity index (χ0n) is 12.4. The van der Waals surface area contributed by atoms with Crippen molar-refractivity contribution in [3.05, 3.63) is 22.1 Å². The van der Waals surface area contributed by atoms with Crippen LogP contribution in [0.2, 0.25) is 0 Å². The number of likely N-dealkylation sites (tertiary alicyclic amines) is 1. The van der Waals surface area contributed by atoms with Gasteiger partial charge in [-0.1, -0.05) is 0 Å². The van der Waals surface area contributed by atoms with Gasteiger partial charge in [0.2, 0.25) is 11.7 Å². The van der Waals surface area contributed by atoms with Gasteiger partial charge in [0, 0.05) is 32.5 Å². The predicted molar refractivity (Wildman–Crippen MR) is 76.6 cm³/mol. The first-order valence-electron chi connectivity index (χ1n) is 7.10. The fourth-order valence-corrected chi connectivity index (χ4v) is 2.83. The Bertz CT molecular complexity index is 542. The van der Waals surface area contributed by atoms with Crippen LogP contribution in [-0.2, 0) is 11.3 Å². The highest BCUT2D eigenvalue weighted by atomic mass is 16.6. The highest BCUT2D eigenvalue weighted by Crippen LogP contribution is 2.23. The molecule has 8 heteroatoms. The van der Waals surface area contributed by atoms with Crippen LogP contribution in [-0.4, -0.2) is 44.4 Å². The van der Waals surface area contributed by atoms with Crippen LogP contribution in [0.4, 0.5) is 5.82 Å². The second kappa shape index (κ2) is 6.21. The van der Waals surface area contributed by atoms with Gasteiger partial charge in [-0.2, -0.15) is 0 Å². The van der Waals surface area contributed by atoms with Gasteiger partial charge in [-0.05, 0) is 35.7 Å². The number of hydrogen-bond donors (Lipinski definition) is 1. The van der Waals surface area contributed by atoms with E-state index in [0.717, 1.165) is 6.42 Å². The van der Waals surface area contributed by atoms with Crippen molar-refractivity contribution in [3.8, 4) is 0 Å². The summed E-state index contributed by atoms with van der Waals surface area (Å²) in [5, 5.41) is 10.7. The maximum Gasteiger partial charge on any atom is 0.381 e. The number of amides is 1. The van der Waals surface area contributed by atoms with E-state index >= 15 is 0 Å². The average molecular weight is 295 g/mol. The summed E-state index contributed by atoms with van der Waals surface area (Å²) in [6.45, 7) is 5.43. The number of nitrogens with two attached hydrogens (primary N) is 1. The lowest BCUT2D eigenvalue weighted by Crippen LogP contribution is -2.34. The number of imidazole rings is 1. The molecule has 1 aromatic heterocycles. The zero-order chi connectivity index (χ0) is 15.6. The van der Waals surface area contributed by atoms with E-state index in [4.69, 9.17) is 5.73 Å². The fourth-order valence-electron chi connectivity index (χ4n) is 2.83. The summed E-state index contributed by atoms with van der Waals surface area (Å²) in [6.07, 6.45) is 2.63. The number of nitrogens with zero attached hydrogens (tertiary/aromatic N) is 4. The molecular formula is C13H21N5O3. The van der Waals surface area contributed by atoms with Crippen LogP contribution in [0.3, 0.4) is 0 Å². The molecule has 21 heavy (non-hydrogen) atoms. The van der Waals surface area contributed by atoms with Crippen molar-refractivity contribution in [2.75, 3.05) is 13.1 Å². The number of nitro groups is 1. The highest BCUT2D eigenvalue weighted by Gasteiger charge is 2.31. The van der Waals surface area contributed by atoms with Crippen LogP contribution in [0, 0.1) is 23.0 Å². The fraction of sp³-hybridized carbons (Fsp3) is 0.692. The van der Waals surface area contributed by atoms with Crippen LogP contribution in [0.5, 0.6) is 0 Å². The van der Waals surface area contributed by atoms with Gasteiger partial charge in [-0.15, -0.1) is 0 Å². The molecule has 1 amide bonds. The van der Waals surface area contributed by atoms with E-state index in [1.807, 2.05) is 11.8 Å². The summed E-state index contributed by atoms with van der Waals surface area (Å²) < 4.78 is 1.65. The Morgan fingerprint density at radius 1 is 1.62 bits per heavy atom. The van der Waals surface area contributed by atoms with Crippen LogP contribution in [0.25, 0.3) is 0 Å². The number of aryl methyl sites for hydroxylation is 2. The molecule has 2 heterocycles. The van der Waals surface area contributed by atoms with Crippen molar-refractivity contribution in [2.24, 2.45) is 11.7 Å². The molecule has 116 valence electrons. The molecule has 1 aromatic rings. The third kappa shape index (κ3) is 3.38. The summed E-state index contributed by atoms with van der Waals surface area (Å²) in [4.78, 5) is 28.1. The van der Waals surface area contributed by atoms with Crippen molar-refractivity contribution in [2.45, 2.75) is 39.3 Å². The third-order valence-corrected chi connectivity index (χ3v) is 4.03. The largest absolute Gasteiger partial charge is 0.381 e. The first-order chi connectivity index (χ1) is 9.92. The maximum absolute atomic E-state index is 12.3. The van der Waals surface area contributed by atoms with Crippen molar-refractivity contribution in [1.82, 2.24) is 14.5 Å². The molecule has 1 fully saturated rings. The monoisotopic (exact) mass is 295 g/mol. The zero-order valence-corrected chi connectivity index (χ0v) is 12.4. The number of hydrogen-bond acceptors (Lipinski definition) is 5. The van der Waals surface area contributed by atoms with Gasteiger partial charge in [0.25, 0.3) is 0 Å². The summed E-state index contributed by atoms with van der Waals surface area (Å²) in [6, 6.07) is 0.212. The van der Waals surface area contributed by atoms with Crippen LogP contribution in [0.15, 0.2) is 6.20 Å². The Labute approximate surface area is 123 Å². The molecule has 2 unspecified atom stereocenters. The first-order valence-corrected chi connectivity index (χ1v) is 7.10. The van der Waals surface area contributed by atoms with E-state index < -0.39 is 4.92 Å². The second-order valence-corrected chi connectivity index (χ2v) is 5.58. The molecule has 1 aliphatic rings. The number of rotatable bonds is 5. The Kier molecular flexibility index (Phi) is 4.56. The summed E-state index contributed by atoms with van der Waals surface area (Å²) in [7, 11) is 0. The maximum atomic E-state index is 12.3. The topological polar surface area (TPSA) is 107 Å². The summed E-state index contributed by atoms with van der Waals surface area (Å²) in [5.74, 6) is 0.802. The molecular weight excluding hydrogens is 274 g/mol. The van der Waals surface area contributed by atoms with Gasteiger partial charge in [0.1, 0.15) is 6.20 Å². The first kappa shape index (κ1) is 15.4. The molecule has 1 saturated heterocycles. The lowest BCUT2D eigenvalue weighted by Gasteiger charge is -2.21. The van der Waals surface area contributed by atoms with Crippen molar-refractivity contribution < 1.29 is 9.72 Å². The Balaban J connectivity index is 1.94. The Hall–Kier alpha value is -1.96.